The third-order valence-electron chi connectivity index (χ3n) is 13.7. The van der Waals surface area contributed by atoms with Gasteiger partial charge in [0.25, 0.3) is 0 Å². The van der Waals surface area contributed by atoms with Gasteiger partial charge in [-0.05, 0) is 122 Å². The minimum Gasteiger partial charge on any atom is -0.456 e. The normalized spacial score (nSPS) is 13.0. The fraction of sp³-hybridized carbons (Fsp3) is 0.0492. The number of rotatable bonds is 6. The van der Waals surface area contributed by atoms with Crippen LogP contribution in [0.2, 0.25) is 0 Å². The number of para-hydroxylation sites is 1. The minimum absolute atomic E-state index is 0.106. The maximum atomic E-state index is 6.57. The maximum absolute atomic E-state index is 6.57. The number of fused-ring (bicyclic) bond motifs is 11. The van der Waals surface area contributed by atoms with Crippen molar-refractivity contribution in [2.75, 3.05) is 4.90 Å². The second-order valence-electron chi connectivity index (χ2n) is 17.6. The Kier molecular flexibility index (Phi) is 7.95. The van der Waals surface area contributed by atoms with Crippen molar-refractivity contribution in [3.8, 4) is 44.5 Å². The summed E-state index contributed by atoms with van der Waals surface area (Å²) in [6.07, 6.45) is 0. The van der Waals surface area contributed by atoms with Crippen LogP contribution in [-0.4, -0.2) is 0 Å². The number of anilines is 3. The topological polar surface area (TPSA) is 29.5 Å². The highest BCUT2D eigenvalue weighted by atomic mass is 16.3. The van der Waals surface area contributed by atoms with Gasteiger partial charge in [-0.3, -0.25) is 0 Å². The highest BCUT2D eigenvalue weighted by Crippen LogP contribution is 2.52. The zero-order valence-electron chi connectivity index (χ0n) is 35.5. The zero-order chi connectivity index (χ0) is 42.5. The first-order chi connectivity index (χ1) is 31.5. The van der Waals surface area contributed by atoms with E-state index in [0.29, 0.717) is 0 Å². The number of hydrogen-bond acceptors (Lipinski definition) is 3. The molecule has 0 saturated carbocycles. The zero-order valence-corrected chi connectivity index (χ0v) is 35.5. The Morgan fingerprint density at radius 2 is 0.828 bits per heavy atom. The van der Waals surface area contributed by atoms with Gasteiger partial charge in [0.1, 0.15) is 22.3 Å². The molecule has 0 atom stereocenters. The Hall–Kier alpha value is -8.14. The summed E-state index contributed by atoms with van der Waals surface area (Å²) in [5.74, 6) is 0. The largest absolute Gasteiger partial charge is 0.456 e. The standard InChI is InChI=1S/C61H41NO2/c1-61(2)53-20-7-5-14-49(53)50-19-9-18-47(59(50)61)41-28-35-44(36-29-41)62(42-31-24-39(25-32-42)45-16-10-22-55-57(45)51-15-6-8-21-54(51)63-55)43-33-26-40(27-34-43)46-17-11-23-56-58(46)52-37-30-38-12-3-4-13-48(38)60(52)64-56/h3-37H,1-2H3. The van der Waals surface area contributed by atoms with Crippen molar-refractivity contribution >= 4 is 71.7 Å². The first-order valence-corrected chi connectivity index (χ1v) is 22.1. The molecule has 1 aliphatic rings. The number of nitrogens with zero attached hydrogens (tertiary/aromatic N) is 1. The van der Waals surface area contributed by atoms with Crippen LogP contribution in [0.4, 0.5) is 17.1 Å². The first kappa shape index (κ1) is 36.5. The molecule has 0 aliphatic heterocycles. The van der Waals surface area contributed by atoms with Crippen molar-refractivity contribution in [2.24, 2.45) is 0 Å². The first-order valence-electron chi connectivity index (χ1n) is 22.1. The Bertz CT molecular complexity index is 3790. The molecule has 2 heterocycles. The summed E-state index contributed by atoms with van der Waals surface area (Å²) in [5.41, 5.74) is 19.2. The molecule has 0 unspecified atom stereocenters. The lowest BCUT2D eigenvalue weighted by atomic mass is 9.79. The van der Waals surface area contributed by atoms with Gasteiger partial charge in [0.15, 0.2) is 0 Å². The van der Waals surface area contributed by atoms with Gasteiger partial charge in [-0.15, -0.1) is 0 Å². The number of benzene rings is 10. The Labute approximate surface area is 371 Å². The van der Waals surface area contributed by atoms with E-state index in [1.807, 2.05) is 12.1 Å². The predicted molar refractivity (Wildman–Crippen MR) is 267 cm³/mol. The predicted octanol–water partition coefficient (Wildman–Crippen LogP) is 17.4. The van der Waals surface area contributed by atoms with Gasteiger partial charge in [-0.1, -0.05) is 166 Å². The summed E-state index contributed by atoms with van der Waals surface area (Å²) in [6, 6.07) is 76.6. The van der Waals surface area contributed by atoms with Crippen molar-refractivity contribution in [3.05, 3.63) is 223 Å². The molecule has 302 valence electrons. The molecule has 1 aliphatic carbocycles. The second-order valence-corrected chi connectivity index (χ2v) is 17.6. The summed E-state index contributed by atoms with van der Waals surface area (Å²) < 4.78 is 12.8. The van der Waals surface area contributed by atoms with Gasteiger partial charge in [-0.25, -0.2) is 0 Å². The van der Waals surface area contributed by atoms with Crippen LogP contribution in [0.5, 0.6) is 0 Å². The van der Waals surface area contributed by atoms with Crippen LogP contribution in [0.3, 0.4) is 0 Å². The molecule has 13 rings (SSSR count). The van der Waals surface area contributed by atoms with E-state index in [4.69, 9.17) is 8.83 Å². The van der Waals surface area contributed by atoms with Crippen LogP contribution in [-0.2, 0) is 5.41 Å². The Morgan fingerprint density at radius 1 is 0.344 bits per heavy atom. The fourth-order valence-electron chi connectivity index (χ4n) is 10.7. The fourth-order valence-corrected chi connectivity index (χ4v) is 10.7. The summed E-state index contributed by atoms with van der Waals surface area (Å²) in [6.45, 7) is 4.72. The summed E-state index contributed by atoms with van der Waals surface area (Å²) in [5, 5.41) is 6.84. The van der Waals surface area contributed by atoms with E-state index in [0.717, 1.165) is 88.6 Å². The van der Waals surface area contributed by atoms with E-state index in [2.05, 4.69) is 219 Å². The van der Waals surface area contributed by atoms with Crippen molar-refractivity contribution < 1.29 is 8.83 Å². The van der Waals surface area contributed by atoms with Crippen LogP contribution in [0.25, 0.3) is 99.2 Å². The van der Waals surface area contributed by atoms with Crippen molar-refractivity contribution in [1.82, 2.24) is 0 Å². The third kappa shape index (κ3) is 5.47. The number of furan rings is 2. The van der Waals surface area contributed by atoms with E-state index in [1.54, 1.807) is 0 Å². The van der Waals surface area contributed by atoms with Gasteiger partial charge < -0.3 is 13.7 Å². The Balaban J connectivity index is 0.921. The molecular weight excluding hydrogens is 779 g/mol. The molecule has 0 N–H and O–H groups in total. The van der Waals surface area contributed by atoms with Gasteiger partial charge in [0, 0.05) is 49.4 Å². The molecule has 3 heteroatoms. The van der Waals surface area contributed by atoms with Crippen LogP contribution in [0.1, 0.15) is 25.0 Å². The third-order valence-corrected chi connectivity index (χ3v) is 13.7. The van der Waals surface area contributed by atoms with Crippen molar-refractivity contribution in [1.29, 1.82) is 0 Å². The SMILES string of the molecule is CC1(C)c2ccccc2-c2cccc(-c3ccc(N(c4ccc(-c5cccc6oc7ccccc7c56)cc4)c4ccc(-c5cccc6oc7c8ccccc8ccc7c56)cc4)cc3)c21. The molecule has 64 heavy (non-hydrogen) atoms. The van der Waals surface area contributed by atoms with E-state index in [-0.39, 0.29) is 5.41 Å². The van der Waals surface area contributed by atoms with E-state index in [1.165, 1.54) is 38.8 Å². The van der Waals surface area contributed by atoms with Gasteiger partial charge >= 0.3 is 0 Å². The van der Waals surface area contributed by atoms with E-state index >= 15 is 0 Å². The average molecular weight is 820 g/mol. The molecule has 0 saturated heterocycles. The molecule has 0 radical (unpaired) electrons. The second kappa shape index (κ2) is 13.9. The Morgan fingerprint density at radius 3 is 1.52 bits per heavy atom. The summed E-state index contributed by atoms with van der Waals surface area (Å²) in [7, 11) is 0. The summed E-state index contributed by atoms with van der Waals surface area (Å²) in [4.78, 5) is 2.36. The molecular formula is C61H41NO2. The molecule has 12 aromatic rings. The average Bonchev–Trinajstić information content (AvgIpc) is 4.00. The molecule has 10 aromatic carbocycles. The quantitative estimate of drug-likeness (QED) is 0.167. The highest BCUT2D eigenvalue weighted by molar-refractivity contribution is 6.19. The van der Waals surface area contributed by atoms with Crippen LogP contribution >= 0.6 is 0 Å². The molecule has 0 bridgehead atoms. The minimum atomic E-state index is -0.106. The smallest absolute Gasteiger partial charge is 0.143 e. The van der Waals surface area contributed by atoms with E-state index < -0.39 is 0 Å². The van der Waals surface area contributed by atoms with Gasteiger partial charge in [0.05, 0.1) is 0 Å². The van der Waals surface area contributed by atoms with Crippen LogP contribution < -0.4 is 4.90 Å². The van der Waals surface area contributed by atoms with E-state index in [9.17, 15) is 0 Å². The molecule has 3 nitrogen and oxygen atoms in total. The van der Waals surface area contributed by atoms with Crippen LogP contribution in [0, 0.1) is 0 Å². The molecule has 2 aromatic heterocycles. The lowest BCUT2D eigenvalue weighted by molar-refractivity contribution is 0.662. The van der Waals surface area contributed by atoms with Crippen molar-refractivity contribution in [3.63, 3.8) is 0 Å². The lowest BCUT2D eigenvalue weighted by Gasteiger charge is -2.27. The molecule has 0 amide bonds. The van der Waals surface area contributed by atoms with Crippen molar-refractivity contribution in [2.45, 2.75) is 19.3 Å². The highest BCUT2D eigenvalue weighted by Gasteiger charge is 2.37. The maximum Gasteiger partial charge on any atom is 0.143 e. The van der Waals surface area contributed by atoms with Gasteiger partial charge in [0.2, 0.25) is 0 Å². The lowest BCUT2D eigenvalue weighted by Crippen LogP contribution is -2.16. The monoisotopic (exact) mass is 819 g/mol. The molecule has 0 spiro atoms. The van der Waals surface area contributed by atoms with Gasteiger partial charge in [-0.2, -0.15) is 0 Å². The number of hydrogen-bond donors (Lipinski definition) is 0. The molecule has 0 fully saturated rings. The van der Waals surface area contributed by atoms with Crippen LogP contribution in [0.15, 0.2) is 221 Å². The summed E-state index contributed by atoms with van der Waals surface area (Å²) >= 11 is 0.